The van der Waals surface area contributed by atoms with Crippen molar-refractivity contribution in [1.29, 1.82) is 0 Å². The Kier molecular flexibility index (Phi) is 4.43. The molecular weight excluding hydrogens is 330 g/mol. The molecule has 2 aromatic heterocycles. The third kappa shape index (κ3) is 3.36. The molecule has 0 spiro atoms. The van der Waals surface area contributed by atoms with Crippen molar-refractivity contribution in [2.75, 3.05) is 5.32 Å². The molecule has 1 N–H and O–H groups in total. The fourth-order valence-electron chi connectivity index (χ4n) is 2.34. The summed E-state index contributed by atoms with van der Waals surface area (Å²) in [5, 5.41) is 18.5. The van der Waals surface area contributed by atoms with Gasteiger partial charge < -0.3 is 5.32 Å². The summed E-state index contributed by atoms with van der Waals surface area (Å²) in [6, 6.07) is 11.1. The van der Waals surface area contributed by atoms with Crippen molar-refractivity contribution in [1.82, 2.24) is 14.8 Å². The smallest absolute Gasteiger partial charge is 0.289 e. The molecule has 1 aromatic carbocycles. The van der Waals surface area contributed by atoms with Crippen LogP contribution in [0.2, 0.25) is 5.02 Å². The van der Waals surface area contributed by atoms with Crippen molar-refractivity contribution in [2.24, 2.45) is 7.05 Å². The van der Waals surface area contributed by atoms with Gasteiger partial charge in [-0.2, -0.15) is 5.10 Å². The summed E-state index contributed by atoms with van der Waals surface area (Å²) in [6.07, 6.45) is 3.09. The van der Waals surface area contributed by atoms with Crippen LogP contribution in [-0.2, 0) is 13.6 Å². The topological polar surface area (TPSA) is 85.9 Å². The van der Waals surface area contributed by atoms with E-state index in [2.05, 4.69) is 15.4 Å². The molecule has 0 amide bonds. The number of nitro groups is 1. The van der Waals surface area contributed by atoms with Gasteiger partial charge in [0, 0.05) is 37.0 Å². The van der Waals surface area contributed by atoms with E-state index in [-0.39, 0.29) is 10.7 Å². The Hall–Kier alpha value is -2.93. The molecule has 0 bridgehead atoms. The van der Waals surface area contributed by atoms with Crippen molar-refractivity contribution in [2.45, 2.75) is 6.54 Å². The van der Waals surface area contributed by atoms with Gasteiger partial charge in [-0.3, -0.25) is 14.8 Å². The van der Waals surface area contributed by atoms with Crippen LogP contribution >= 0.6 is 11.6 Å². The average Bonchev–Trinajstić information content (AvgIpc) is 2.95. The maximum Gasteiger partial charge on any atom is 0.289 e. The minimum absolute atomic E-state index is 0.142. The van der Waals surface area contributed by atoms with E-state index in [0.717, 1.165) is 16.8 Å². The molecule has 0 aliphatic heterocycles. The Labute approximate surface area is 143 Å². The predicted octanol–water partition coefficient (Wildman–Crippen LogP) is 3.66. The van der Waals surface area contributed by atoms with Gasteiger partial charge in [0.05, 0.1) is 15.6 Å². The molecule has 0 aliphatic rings. The summed E-state index contributed by atoms with van der Waals surface area (Å²) >= 11 is 6.05. The van der Waals surface area contributed by atoms with E-state index >= 15 is 0 Å². The minimum atomic E-state index is -0.530. The summed E-state index contributed by atoms with van der Waals surface area (Å²) in [6.45, 7) is 0.447. The number of hydrogen-bond acceptors (Lipinski definition) is 5. The van der Waals surface area contributed by atoms with E-state index in [1.165, 1.54) is 12.3 Å². The zero-order valence-electron chi connectivity index (χ0n) is 12.8. The highest BCUT2D eigenvalue weighted by molar-refractivity contribution is 6.33. The lowest BCUT2D eigenvalue weighted by Gasteiger charge is -2.07. The standard InChI is InChI=1S/C16H14ClN5O2/c1-21-10-12(15(20-21)11-5-3-2-4-6-11)8-18-16-14(17)7-13(9-19-16)22(23)24/h2-7,9-10H,8H2,1H3,(H,18,19). The summed E-state index contributed by atoms with van der Waals surface area (Å²) in [4.78, 5) is 14.2. The number of benzene rings is 1. The van der Waals surface area contributed by atoms with Gasteiger partial charge in [-0.1, -0.05) is 41.9 Å². The molecule has 2 heterocycles. The molecule has 0 radical (unpaired) electrons. The second-order valence-corrected chi connectivity index (χ2v) is 5.58. The molecule has 0 unspecified atom stereocenters. The van der Waals surface area contributed by atoms with Gasteiger partial charge in [-0.05, 0) is 0 Å². The van der Waals surface area contributed by atoms with Crippen LogP contribution in [0.3, 0.4) is 0 Å². The first-order valence-electron chi connectivity index (χ1n) is 7.16. The number of hydrogen-bond donors (Lipinski definition) is 1. The lowest BCUT2D eigenvalue weighted by Crippen LogP contribution is -2.03. The second-order valence-electron chi connectivity index (χ2n) is 5.18. The van der Waals surface area contributed by atoms with Gasteiger partial charge in [-0.25, -0.2) is 4.98 Å². The molecule has 3 rings (SSSR count). The number of rotatable bonds is 5. The van der Waals surface area contributed by atoms with E-state index in [9.17, 15) is 10.1 Å². The zero-order chi connectivity index (χ0) is 17.1. The Morgan fingerprint density at radius 1 is 1.33 bits per heavy atom. The highest BCUT2D eigenvalue weighted by Gasteiger charge is 2.13. The molecule has 0 fully saturated rings. The number of halogens is 1. The van der Waals surface area contributed by atoms with Crippen molar-refractivity contribution in [3.8, 4) is 11.3 Å². The van der Waals surface area contributed by atoms with Gasteiger partial charge in [0.25, 0.3) is 5.69 Å². The Morgan fingerprint density at radius 2 is 2.08 bits per heavy atom. The number of anilines is 1. The van der Waals surface area contributed by atoms with Crippen LogP contribution in [0.4, 0.5) is 11.5 Å². The lowest BCUT2D eigenvalue weighted by atomic mass is 10.1. The van der Waals surface area contributed by atoms with E-state index in [1.54, 1.807) is 4.68 Å². The number of nitrogens with zero attached hydrogens (tertiary/aromatic N) is 4. The summed E-state index contributed by atoms with van der Waals surface area (Å²) < 4.78 is 1.74. The maximum absolute atomic E-state index is 10.7. The monoisotopic (exact) mass is 343 g/mol. The fourth-order valence-corrected chi connectivity index (χ4v) is 2.57. The van der Waals surface area contributed by atoms with E-state index in [4.69, 9.17) is 11.6 Å². The van der Waals surface area contributed by atoms with Gasteiger partial charge in [-0.15, -0.1) is 0 Å². The van der Waals surface area contributed by atoms with Gasteiger partial charge in [0.1, 0.15) is 12.0 Å². The summed E-state index contributed by atoms with van der Waals surface area (Å²) in [5.41, 5.74) is 2.71. The SMILES string of the molecule is Cn1cc(CNc2ncc([N+](=O)[O-])cc2Cl)c(-c2ccccc2)n1. The van der Waals surface area contributed by atoms with Crippen LogP contribution in [0, 0.1) is 10.1 Å². The van der Waals surface area contributed by atoms with Gasteiger partial charge >= 0.3 is 0 Å². The van der Waals surface area contributed by atoms with Crippen LogP contribution in [0.25, 0.3) is 11.3 Å². The van der Waals surface area contributed by atoms with Crippen LogP contribution in [-0.4, -0.2) is 19.7 Å². The van der Waals surface area contributed by atoms with E-state index < -0.39 is 4.92 Å². The number of aryl methyl sites for hydroxylation is 1. The highest BCUT2D eigenvalue weighted by atomic mass is 35.5. The number of aromatic nitrogens is 3. The molecule has 24 heavy (non-hydrogen) atoms. The van der Waals surface area contributed by atoms with Crippen molar-refractivity contribution >= 4 is 23.1 Å². The molecule has 0 aliphatic carbocycles. The highest BCUT2D eigenvalue weighted by Crippen LogP contribution is 2.26. The van der Waals surface area contributed by atoms with Crippen molar-refractivity contribution in [3.05, 3.63) is 69.5 Å². The Balaban J connectivity index is 1.82. The Morgan fingerprint density at radius 3 is 2.75 bits per heavy atom. The van der Waals surface area contributed by atoms with Crippen LogP contribution in [0.15, 0.2) is 48.8 Å². The van der Waals surface area contributed by atoms with Crippen LogP contribution < -0.4 is 5.32 Å². The molecule has 8 heteroatoms. The third-order valence-electron chi connectivity index (χ3n) is 3.44. The first-order chi connectivity index (χ1) is 11.5. The largest absolute Gasteiger partial charge is 0.365 e. The Bertz CT molecular complexity index is 879. The first kappa shape index (κ1) is 15.9. The van der Waals surface area contributed by atoms with Gasteiger partial charge in [0.2, 0.25) is 0 Å². The average molecular weight is 344 g/mol. The zero-order valence-corrected chi connectivity index (χ0v) is 13.6. The molecule has 122 valence electrons. The maximum atomic E-state index is 10.7. The number of pyridine rings is 1. The van der Waals surface area contributed by atoms with Crippen LogP contribution in [0.5, 0.6) is 0 Å². The quantitative estimate of drug-likeness (QED) is 0.564. The van der Waals surface area contributed by atoms with Crippen LogP contribution in [0.1, 0.15) is 5.56 Å². The van der Waals surface area contributed by atoms with Crippen molar-refractivity contribution < 1.29 is 4.92 Å². The van der Waals surface area contributed by atoms with E-state index in [0.29, 0.717) is 12.4 Å². The first-order valence-corrected chi connectivity index (χ1v) is 7.54. The fraction of sp³-hybridized carbons (Fsp3) is 0.125. The lowest BCUT2D eigenvalue weighted by molar-refractivity contribution is -0.385. The normalized spacial score (nSPS) is 10.6. The summed E-state index contributed by atoms with van der Waals surface area (Å²) in [5.74, 6) is 0.394. The predicted molar refractivity (Wildman–Crippen MR) is 91.9 cm³/mol. The molecule has 3 aromatic rings. The summed E-state index contributed by atoms with van der Waals surface area (Å²) in [7, 11) is 1.85. The third-order valence-corrected chi connectivity index (χ3v) is 3.72. The molecule has 0 saturated carbocycles. The molecule has 0 saturated heterocycles. The second kappa shape index (κ2) is 6.67. The van der Waals surface area contributed by atoms with Crippen molar-refractivity contribution in [3.63, 3.8) is 0 Å². The number of nitrogens with one attached hydrogen (secondary N) is 1. The minimum Gasteiger partial charge on any atom is -0.365 e. The molecule has 0 atom stereocenters. The molecule has 7 nitrogen and oxygen atoms in total. The van der Waals surface area contributed by atoms with E-state index in [1.807, 2.05) is 43.6 Å². The van der Waals surface area contributed by atoms with Gasteiger partial charge in [0.15, 0.2) is 0 Å². The molecular formula is C16H14ClN5O2.